The van der Waals surface area contributed by atoms with E-state index in [2.05, 4.69) is 45.6 Å². The van der Waals surface area contributed by atoms with Gasteiger partial charge in [0.15, 0.2) is 5.16 Å². The zero-order valence-corrected chi connectivity index (χ0v) is 12.5. The Kier molecular flexibility index (Phi) is 4.28. The maximum atomic E-state index is 5.44. The largest absolute Gasteiger partial charge is 0.378 e. The Labute approximate surface area is 123 Å². The van der Waals surface area contributed by atoms with Gasteiger partial charge < -0.3 is 9.64 Å². The second-order valence-corrected chi connectivity index (χ2v) is 5.83. The van der Waals surface area contributed by atoms with Crippen molar-refractivity contribution in [2.45, 2.75) is 12.1 Å². The molecule has 1 saturated heterocycles. The van der Waals surface area contributed by atoms with Crippen molar-refractivity contribution in [1.29, 1.82) is 0 Å². The van der Waals surface area contributed by atoms with Crippen molar-refractivity contribution in [3.8, 4) is 5.69 Å². The summed E-state index contributed by atoms with van der Waals surface area (Å²) >= 11 is 1.78. The van der Waals surface area contributed by atoms with Gasteiger partial charge in [-0.1, -0.05) is 36.9 Å². The van der Waals surface area contributed by atoms with E-state index >= 15 is 0 Å². The maximum Gasteiger partial charge on any atom is 0.174 e. The number of anilines is 1. The number of benzene rings is 1. The summed E-state index contributed by atoms with van der Waals surface area (Å²) < 4.78 is 7.69. The molecular weight excluding hydrogens is 270 g/mol. The summed E-state index contributed by atoms with van der Waals surface area (Å²) in [5.74, 6) is 2.18. The SMILES string of the molecule is CCSc1ncc(N2CCOCC2)n1-c1ccccc1. The molecule has 2 heterocycles. The van der Waals surface area contributed by atoms with Gasteiger partial charge in [0.05, 0.1) is 19.4 Å². The predicted octanol–water partition coefficient (Wildman–Crippen LogP) is 2.82. The van der Waals surface area contributed by atoms with E-state index < -0.39 is 0 Å². The lowest BCUT2D eigenvalue weighted by Crippen LogP contribution is -2.37. The van der Waals surface area contributed by atoms with Crippen molar-refractivity contribution in [1.82, 2.24) is 9.55 Å². The maximum absolute atomic E-state index is 5.44. The first kappa shape index (κ1) is 13.5. The average Bonchev–Trinajstić information content (AvgIpc) is 2.93. The quantitative estimate of drug-likeness (QED) is 0.810. The monoisotopic (exact) mass is 289 g/mol. The highest BCUT2D eigenvalue weighted by molar-refractivity contribution is 7.99. The van der Waals surface area contributed by atoms with Crippen LogP contribution in [0.3, 0.4) is 0 Å². The number of hydrogen-bond acceptors (Lipinski definition) is 4. The molecule has 2 aromatic rings. The highest BCUT2D eigenvalue weighted by Crippen LogP contribution is 2.28. The summed E-state index contributed by atoms with van der Waals surface area (Å²) in [5, 5.41) is 1.06. The van der Waals surface area contributed by atoms with Crippen molar-refractivity contribution in [3.63, 3.8) is 0 Å². The van der Waals surface area contributed by atoms with Crippen LogP contribution < -0.4 is 4.90 Å². The highest BCUT2D eigenvalue weighted by Gasteiger charge is 2.19. The molecule has 1 aromatic carbocycles. The summed E-state index contributed by atoms with van der Waals surface area (Å²) in [4.78, 5) is 6.95. The fourth-order valence-electron chi connectivity index (χ4n) is 2.39. The molecule has 0 atom stereocenters. The molecule has 1 aliphatic rings. The van der Waals surface area contributed by atoms with Gasteiger partial charge in [-0.15, -0.1) is 0 Å². The molecule has 4 nitrogen and oxygen atoms in total. The minimum Gasteiger partial charge on any atom is -0.378 e. The van der Waals surface area contributed by atoms with Gasteiger partial charge in [-0.2, -0.15) is 0 Å². The van der Waals surface area contributed by atoms with Crippen LogP contribution in [0.5, 0.6) is 0 Å². The summed E-state index contributed by atoms with van der Waals surface area (Å²) in [6.07, 6.45) is 1.98. The molecule has 20 heavy (non-hydrogen) atoms. The molecule has 0 aliphatic carbocycles. The average molecular weight is 289 g/mol. The predicted molar refractivity (Wildman–Crippen MR) is 83.0 cm³/mol. The number of imidazole rings is 1. The molecule has 0 radical (unpaired) electrons. The van der Waals surface area contributed by atoms with Crippen LogP contribution in [-0.4, -0.2) is 41.6 Å². The van der Waals surface area contributed by atoms with E-state index in [1.807, 2.05) is 12.3 Å². The van der Waals surface area contributed by atoms with E-state index in [1.54, 1.807) is 11.8 Å². The lowest BCUT2D eigenvalue weighted by atomic mass is 10.3. The summed E-state index contributed by atoms with van der Waals surface area (Å²) in [6, 6.07) is 10.4. The lowest BCUT2D eigenvalue weighted by molar-refractivity contribution is 0.122. The van der Waals surface area contributed by atoms with Gasteiger partial charge in [-0.05, 0) is 17.9 Å². The standard InChI is InChI=1S/C15H19N3OS/c1-2-20-15-16-12-14(17-8-10-19-11-9-17)18(15)13-6-4-3-5-7-13/h3-7,12H,2,8-11H2,1H3. The topological polar surface area (TPSA) is 30.3 Å². The number of para-hydroxylation sites is 1. The Morgan fingerprint density at radius 3 is 2.65 bits per heavy atom. The van der Waals surface area contributed by atoms with E-state index in [1.165, 1.54) is 5.69 Å². The second kappa shape index (κ2) is 6.33. The number of thioether (sulfide) groups is 1. The van der Waals surface area contributed by atoms with Crippen LogP contribution in [0.4, 0.5) is 5.82 Å². The lowest BCUT2D eigenvalue weighted by Gasteiger charge is -2.29. The molecule has 1 fully saturated rings. The van der Waals surface area contributed by atoms with Crippen molar-refractivity contribution >= 4 is 17.6 Å². The molecule has 0 saturated carbocycles. The fraction of sp³-hybridized carbons (Fsp3) is 0.400. The highest BCUT2D eigenvalue weighted by atomic mass is 32.2. The molecule has 1 aliphatic heterocycles. The van der Waals surface area contributed by atoms with E-state index in [-0.39, 0.29) is 0 Å². The molecule has 0 bridgehead atoms. The van der Waals surface area contributed by atoms with E-state index in [0.717, 1.165) is 43.0 Å². The number of nitrogens with zero attached hydrogens (tertiary/aromatic N) is 3. The molecule has 0 unspecified atom stereocenters. The molecule has 5 heteroatoms. The third-order valence-corrected chi connectivity index (χ3v) is 4.17. The third-order valence-electron chi connectivity index (χ3n) is 3.33. The summed E-state index contributed by atoms with van der Waals surface area (Å²) in [6.45, 7) is 5.58. The van der Waals surface area contributed by atoms with E-state index in [0.29, 0.717) is 0 Å². The molecule has 0 N–H and O–H groups in total. The van der Waals surface area contributed by atoms with Crippen molar-refractivity contribution < 1.29 is 4.74 Å². The number of rotatable bonds is 4. The van der Waals surface area contributed by atoms with Gasteiger partial charge in [-0.3, -0.25) is 4.57 Å². The first-order chi connectivity index (χ1) is 9.90. The van der Waals surface area contributed by atoms with Crippen LogP contribution in [0, 0.1) is 0 Å². The Hall–Kier alpha value is -1.46. The number of aromatic nitrogens is 2. The van der Waals surface area contributed by atoms with Crippen LogP contribution in [0.2, 0.25) is 0 Å². The van der Waals surface area contributed by atoms with Crippen LogP contribution >= 0.6 is 11.8 Å². The third kappa shape index (κ3) is 2.69. The van der Waals surface area contributed by atoms with Crippen molar-refractivity contribution in [2.24, 2.45) is 0 Å². The van der Waals surface area contributed by atoms with E-state index in [9.17, 15) is 0 Å². The van der Waals surface area contributed by atoms with Gasteiger partial charge in [0, 0.05) is 18.8 Å². The Balaban J connectivity index is 2.01. The normalized spacial score (nSPS) is 15.6. The van der Waals surface area contributed by atoms with Crippen LogP contribution in [0.15, 0.2) is 41.7 Å². The second-order valence-electron chi connectivity index (χ2n) is 4.60. The molecule has 0 amide bonds. The Morgan fingerprint density at radius 1 is 1.20 bits per heavy atom. The molecule has 3 rings (SSSR count). The fourth-order valence-corrected chi connectivity index (χ4v) is 3.11. The van der Waals surface area contributed by atoms with Crippen LogP contribution in [0.1, 0.15) is 6.92 Å². The van der Waals surface area contributed by atoms with Crippen molar-refractivity contribution in [3.05, 3.63) is 36.5 Å². The molecule has 1 aromatic heterocycles. The first-order valence-electron chi connectivity index (χ1n) is 6.99. The zero-order chi connectivity index (χ0) is 13.8. The number of hydrogen-bond donors (Lipinski definition) is 0. The minimum atomic E-state index is 0.788. The van der Waals surface area contributed by atoms with Crippen molar-refractivity contribution in [2.75, 3.05) is 37.0 Å². The zero-order valence-electron chi connectivity index (χ0n) is 11.7. The summed E-state index contributed by atoms with van der Waals surface area (Å²) in [5.41, 5.74) is 1.17. The number of morpholine rings is 1. The minimum absolute atomic E-state index is 0.788. The Bertz CT molecular complexity index is 550. The number of ether oxygens (including phenoxy) is 1. The first-order valence-corrected chi connectivity index (χ1v) is 7.97. The van der Waals surface area contributed by atoms with Gasteiger partial charge in [0.2, 0.25) is 0 Å². The Morgan fingerprint density at radius 2 is 1.95 bits per heavy atom. The van der Waals surface area contributed by atoms with Gasteiger partial charge >= 0.3 is 0 Å². The van der Waals surface area contributed by atoms with E-state index in [4.69, 9.17) is 4.74 Å². The van der Waals surface area contributed by atoms with Gasteiger partial charge in [0.25, 0.3) is 0 Å². The smallest absolute Gasteiger partial charge is 0.174 e. The molecular formula is C15H19N3OS. The van der Waals surface area contributed by atoms with Crippen LogP contribution in [0.25, 0.3) is 5.69 Å². The summed E-state index contributed by atoms with van der Waals surface area (Å²) in [7, 11) is 0. The van der Waals surface area contributed by atoms with Crippen LogP contribution in [-0.2, 0) is 4.74 Å². The van der Waals surface area contributed by atoms with Gasteiger partial charge in [0.1, 0.15) is 5.82 Å². The molecule has 106 valence electrons. The van der Waals surface area contributed by atoms with Gasteiger partial charge in [-0.25, -0.2) is 4.98 Å². The molecule has 0 spiro atoms.